The molecule has 4 aromatic rings. The van der Waals surface area contributed by atoms with Gasteiger partial charge >= 0.3 is 0 Å². The summed E-state index contributed by atoms with van der Waals surface area (Å²) in [6.07, 6.45) is -0.0765. The van der Waals surface area contributed by atoms with Crippen molar-refractivity contribution in [2.45, 2.75) is 31.0 Å². The maximum absolute atomic E-state index is 14.2. The monoisotopic (exact) mass is 649 g/mol. The molecule has 1 aliphatic heterocycles. The van der Waals surface area contributed by atoms with Crippen LogP contribution in [-0.2, 0) is 22.5 Å². The fourth-order valence-corrected chi connectivity index (χ4v) is 5.25. The summed E-state index contributed by atoms with van der Waals surface area (Å²) in [6, 6.07) is 27.7. The molecule has 0 aliphatic carbocycles. The molecule has 4 aromatic carbocycles. The summed E-state index contributed by atoms with van der Waals surface area (Å²) in [5.74, 6) is -1.45. The van der Waals surface area contributed by atoms with Gasteiger partial charge in [0.1, 0.15) is 5.75 Å². The number of carbonyl (C=O) groups is 1. The van der Waals surface area contributed by atoms with Crippen molar-refractivity contribution >= 4 is 27.7 Å². The molecule has 0 spiro atoms. The van der Waals surface area contributed by atoms with Gasteiger partial charge in [0.25, 0.3) is 5.91 Å². The number of nitrogens with zero attached hydrogens (tertiary/aromatic N) is 1. The van der Waals surface area contributed by atoms with Crippen LogP contribution >= 0.6 is 15.9 Å². The van der Waals surface area contributed by atoms with Gasteiger partial charge in [-0.25, -0.2) is 19.2 Å². The highest BCUT2D eigenvalue weighted by Crippen LogP contribution is 2.43. The molecule has 7 nitrogen and oxygen atoms in total. The molecular weight excluding hydrogens is 620 g/mol. The number of aliphatic hydroxyl groups excluding tert-OH is 1. The zero-order valence-electron chi connectivity index (χ0n) is 23.1. The Bertz CT molecular complexity index is 1590. The van der Waals surface area contributed by atoms with Crippen molar-refractivity contribution in [3.05, 3.63) is 135 Å². The SMILES string of the molecule is O=C(NNCc1ccc(F)c(F)c1)[C@@]1(Cc2ccccc2Br)N=C(c2ccc(OCCCO)cc2)O[C@H]1c1ccccc1. The second kappa shape index (κ2) is 13.9. The molecular formula is C33H30BrF2N3O4. The van der Waals surface area contributed by atoms with Crippen molar-refractivity contribution in [2.24, 2.45) is 4.99 Å². The summed E-state index contributed by atoms with van der Waals surface area (Å²) < 4.78 is 40.1. The molecule has 0 aromatic heterocycles. The van der Waals surface area contributed by atoms with Crippen LogP contribution in [0.3, 0.4) is 0 Å². The Hall–Kier alpha value is -4.12. The van der Waals surface area contributed by atoms with Gasteiger partial charge in [-0.2, -0.15) is 0 Å². The molecule has 2 atom stereocenters. The molecule has 10 heteroatoms. The first-order valence-corrected chi connectivity index (χ1v) is 14.5. The van der Waals surface area contributed by atoms with Gasteiger partial charge in [0.2, 0.25) is 5.90 Å². The van der Waals surface area contributed by atoms with E-state index < -0.39 is 29.2 Å². The molecule has 1 amide bonds. The number of aliphatic hydroxyl groups is 1. The quantitative estimate of drug-likeness (QED) is 0.133. The van der Waals surface area contributed by atoms with E-state index in [2.05, 4.69) is 26.8 Å². The molecule has 0 unspecified atom stereocenters. The van der Waals surface area contributed by atoms with Gasteiger partial charge in [0.15, 0.2) is 23.3 Å². The van der Waals surface area contributed by atoms with Crippen molar-refractivity contribution in [1.82, 2.24) is 10.9 Å². The summed E-state index contributed by atoms with van der Waals surface area (Å²) in [6.45, 7) is 0.482. The van der Waals surface area contributed by atoms with Crippen LogP contribution in [0, 0.1) is 11.6 Å². The third kappa shape index (κ3) is 7.10. The van der Waals surface area contributed by atoms with Gasteiger partial charge in [-0.05, 0) is 59.2 Å². The third-order valence-corrected chi connectivity index (χ3v) is 7.80. The molecule has 1 aliphatic rings. The van der Waals surface area contributed by atoms with Crippen molar-refractivity contribution in [3.8, 4) is 5.75 Å². The van der Waals surface area contributed by atoms with Crippen LogP contribution in [0.5, 0.6) is 5.75 Å². The summed E-state index contributed by atoms with van der Waals surface area (Å²) in [4.78, 5) is 19.2. The number of rotatable bonds is 12. The van der Waals surface area contributed by atoms with E-state index in [1.54, 1.807) is 12.1 Å². The topological polar surface area (TPSA) is 92.2 Å². The maximum atomic E-state index is 14.2. The molecule has 0 fully saturated rings. The Balaban J connectivity index is 1.50. The average Bonchev–Trinajstić information content (AvgIpc) is 3.41. The van der Waals surface area contributed by atoms with E-state index in [0.717, 1.165) is 27.7 Å². The molecule has 5 rings (SSSR count). The van der Waals surface area contributed by atoms with Crippen molar-refractivity contribution in [1.29, 1.82) is 0 Å². The normalized spacial score (nSPS) is 17.7. The van der Waals surface area contributed by atoms with Gasteiger partial charge in [-0.3, -0.25) is 10.2 Å². The van der Waals surface area contributed by atoms with Gasteiger partial charge in [-0.1, -0.05) is 70.5 Å². The number of nitrogens with one attached hydrogen (secondary N) is 2. The Morgan fingerprint density at radius 3 is 2.44 bits per heavy atom. The van der Waals surface area contributed by atoms with E-state index in [-0.39, 0.29) is 19.6 Å². The summed E-state index contributed by atoms with van der Waals surface area (Å²) in [5.41, 5.74) is 6.87. The van der Waals surface area contributed by atoms with E-state index in [0.29, 0.717) is 35.8 Å². The molecule has 0 saturated heterocycles. The van der Waals surface area contributed by atoms with Crippen LogP contribution < -0.4 is 15.6 Å². The first-order valence-electron chi connectivity index (χ1n) is 13.8. The lowest BCUT2D eigenvalue weighted by molar-refractivity contribution is -0.130. The molecule has 0 radical (unpaired) electrons. The van der Waals surface area contributed by atoms with Gasteiger partial charge in [-0.15, -0.1) is 0 Å². The van der Waals surface area contributed by atoms with Crippen LogP contribution in [0.2, 0.25) is 0 Å². The summed E-state index contributed by atoms with van der Waals surface area (Å²) in [5, 5.41) is 9.02. The molecule has 43 heavy (non-hydrogen) atoms. The van der Waals surface area contributed by atoms with E-state index in [9.17, 15) is 13.6 Å². The number of hydrazine groups is 1. The first-order chi connectivity index (χ1) is 20.9. The maximum Gasteiger partial charge on any atom is 0.266 e. The highest BCUT2D eigenvalue weighted by molar-refractivity contribution is 9.10. The highest BCUT2D eigenvalue weighted by Gasteiger charge is 2.53. The second-order valence-corrected chi connectivity index (χ2v) is 10.9. The van der Waals surface area contributed by atoms with Gasteiger partial charge in [0, 0.05) is 36.0 Å². The predicted octanol–water partition coefficient (Wildman–Crippen LogP) is 5.81. The number of aliphatic imine (C=N–C) groups is 1. The number of hydrogen-bond acceptors (Lipinski definition) is 6. The highest BCUT2D eigenvalue weighted by atomic mass is 79.9. The molecule has 3 N–H and O–H groups in total. The van der Waals surface area contributed by atoms with Crippen molar-refractivity contribution in [2.75, 3.05) is 13.2 Å². The molecule has 0 bridgehead atoms. The summed E-state index contributed by atoms with van der Waals surface area (Å²) in [7, 11) is 0. The van der Waals surface area contributed by atoms with Gasteiger partial charge < -0.3 is 14.6 Å². The molecule has 0 saturated carbocycles. The van der Waals surface area contributed by atoms with Crippen LogP contribution in [-0.4, -0.2) is 35.7 Å². The van der Waals surface area contributed by atoms with Crippen LogP contribution in [0.15, 0.2) is 107 Å². The van der Waals surface area contributed by atoms with Gasteiger partial charge in [0.05, 0.1) is 6.61 Å². The smallest absolute Gasteiger partial charge is 0.266 e. The Labute approximate surface area is 256 Å². The lowest BCUT2D eigenvalue weighted by atomic mass is 9.82. The van der Waals surface area contributed by atoms with Crippen LogP contribution in [0.1, 0.15) is 34.8 Å². The first kappa shape index (κ1) is 30.3. The van der Waals surface area contributed by atoms with E-state index in [4.69, 9.17) is 19.6 Å². The van der Waals surface area contributed by atoms with E-state index >= 15 is 0 Å². The lowest BCUT2D eigenvalue weighted by Crippen LogP contribution is -2.53. The number of benzene rings is 4. The zero-order valence-corrected chi connectivity index (χ0v) is 24.7. The Morgan fingerprint density at radius 2 is 1.72 bits per heavy atom. The third-order valence-electron chi connectivity index (χ3n) is 7.03. The van der Waals surface area contributed by atoms with Crippen LogP contribution in [0.25, 0.3) is 0 Å². The number of halogens is 3. The van der Waals surface area contributed by atoms with Crippen molar-refractivity contribution in [3.63, 3.8) is 0 Å². The summed E-state index contributed by atoms with van der Waals surface area (Å²) >= 11 is 3.61. The Kier molecular flexibility index (Phi) is 9.81. The number of ether oxygens (including phenoxy) is 2. The van der Waals surface area contributed by atoms with E-state index in [1.165, 1.54) is 6.07 Å². The number of hydrogen-bond donors (Lipinski definition) is 3. The molecule has 1 heterocycles. The molecule has 222 valence electrons. The lowest BCUT2D eigenvalue weighted by Gasteiger charge is -2.31. The van der Waals surface area contributed by atoms with Crippen LogP contribution in [0.4, 0.5) is 8.78 Å². The minimum absolute atomic E-state index is 0.0426. The van der Waals surface area contributed by atoms with E-state index in [1.807, 2.05) is 66.7 Å². The largest absolute Gasteiger partial charge is 0.494 e. The predicted molar refractivity (Wildman–Crippen MR) is 162 cm³/mol. The zero-order chi connectivity index (χ0) is 30.2. The second-order valence-electron chi connectivity index (χ2n) is 10.0. The fraction of sp³-hybridized carbons (Fsp3) is 0.212. The minimum atomic E-state index is -1.45. The standard InChI is InChI=1S/C33H30BrF2N3O4/c34-27-10-5-4-9-25(27)20-33(32(41)39-37-21-22-11-16-28(35)29(36)19-22)30(23-7-2-1-3-8-23)43-31(38-33)24-12-14-26(15-13-24)42-18-6-17-40/h1-5,7-16,19,30,37,40H,6,17-18,20-21H2,(H,39,41)/t30-,33-/m0/s1. The number of amides is 1. The minimum Gasteiger partial charge on any atom is -0.494 e. The van der Waals surface area contributed by atoms with Crippen molar-refractivity contribution < 1.29 is 28.2 Å². The average molecular weight is 651 g/mol. The number of carbonyl (C=O) groups excluding carboxylic acids is 1. The Morgan fingerprint density at radius 1 is 0.977 bits per heavy atom. The fourth-order valence-electron chi connectivity index (χ4n) is 4.83.